The van der Waals surface area contributed by atoms with Gasteiger partial charge in [0.1, 0.15) is 10.6 Å². The molecule has 0 spiro atoms. The van der Waals surface area contributed by atoms with E-state index < -0.39 is 0 Å². The third kappa shape index (κ3) is 3.06. The highest BCUT2D eigenvalue weighted by Gasteiger charge is 2.16. The van der Waals surface area contributed by atoms with Crippen LogP contribution in [0.5, 0.6) is 5.75 Å². The van der Waals surface area contributed by atoms with Gasteiger partial charge in [-0.1, -0.05) is 41.1 Å². The van der Waals surface area contributed by atoms with Crippen LogP contribution >= 0.6 is 15.9 Å². The summed E-state index contributed by atoms with van der Waals surface area (Å²) in [4.78, 5) is 11.4. The second-order valence-electron chi connectivity index (χ2n) is 3.52. The van der Waals surface area contributed by atoms with Crippen molar-refractivity contribution in [2.45, 2.75) is 32.0 Å². The van der Waals surface area contributed by atoms with Gasteiger partial charge < -0.3 is 4.74 Å². The van der Waals surface area contributed by atoms with Gasteiger partial charge in [0.2, 0.25) is 0 Å². The van der Waals surface area contributed by atoms with E-state index >= 15 is 0 Å². The fourth-order valence-corrected chi connectivity index (χ4v) is 1.38. The maximum atomic E-state index is 11.6. The summed E-state index contributed by atoms with van der Waals surface area (Å²) in [5, 5.41) is 0. The van der Waals surface area contributed by atoms with Crippen molar-refractivity contribution >= 4 is 21.9 Å². The van der Waals surface area contributed by atoms with E-state index in [0.717, 1.165) is 17.5 Å². The third-order valence-corrected chi connectivity index (χ3v) is 3.25. The molecule has 0 radical (unpaired) electrons. The van der Waals surface area contributed by atoms with Gasteiger partial charge in [0.15, 0.2) is 0 Å². The predicted octanol–water partition coefficient (Wildman–Crippen LogP) is 3.38. The lowest BCUT2D eigenvalue weighted by atomic mass is 10.1. The molecule has 15 heavy (non-hydrogen) atoms. The van der Waals surface area contributed by atoms with Gasteiger partial charge >= 0.3 is 5.97 Å². The normalized spacial score (nSPS) is 12.3. The molecule has 1 aromatic carbocycles. The van der Waals surface area contributed by atoms with Crippen LogP contribution in [0.1, 0.15) is 24.5 Å². The molecule has 0 saturated heterocycles. The maximum absolute atomic E-state index is 11.6. The Hall–Kier alpha value is -0.830. The van der Waals surface area contributed by atoms with Crippen molar-refractivity contribution in [2.75, 3.05) is 0 Å². The molecular weight excluding hydrogens is 256 g/mol. The highest BCUT2D eigenvalue weighted by Crippen LogP contribution is 2.23. The number of rotatable bonds is 3. The molecule has 0 amide bonds. The average molecular weight is 271 g/mol. The van der Waals surface area contributed by atoms with Crippen LogP contribution in [0.2, 0.25) is 0 Å². The molecule has 1 rings (SSSR count). The predicted molar refractivity (Wildman–Crippen MR) is 64.6 cm³/mol. The Morgan fingerprint density at radius 1 is 1.40 bits per heavy atom. The lowest BCUT2D eigenvalue weighted by Gasteiger charge is -2.12. The molecule has 3 heteroatoms. The van der Waals surface area contributed by atoms with E-state index in [0.29, 0.717) is 5.75 Å². The minimum absolute atomic E-state index is 0.225. The summed E-state index contributed by atoms with van der Waals surface area (Å²) in [6.07, 6.45) is 0.726. The largest absolute Gasteiger partial charge is 0.425 e. The van der Waals surface area contributed by atoms with Gasteiger partial charge in [-0.15, -0.1) is 0 Å². The summed E-state index contributed by atoms with van der Waals surface area (Å²) in [6.45, 7) is 5.81. The molecule has 2 nitrogen and oxygen atoms in total. The first-order chi connectivity index (χ1) is 7.06. The number of hydrogen-bond donors (Lipinski definition) is 0. The number of carbonyl (C=O) groups is 1. The smallest absolute Gasteiger partial charge is 0.325 e. The standard InChI is InChI=1S/C12H15BrO2/c1-4-10(13)12(14)15-11-8(2)6-5-7-9(11)3/h5-7,10H,4H2,1-3H3. The van der Waals surface area contributed by atoms with Gasteiger partial charge in [-0.2, -0.15) is 0 Å². The summed E-state index contributed by atoms with van der Waals surface area (Å²) in [5.41, 5.74) is 1.97. The first-order valence-electron chi connectivity index (χ1n) is 4.98. The summed E-state index contributed by atoms with van der Waals surface area (Å²) >= 11 is 3.27. The van der Waals surface area contributed by atoms with Gasteiger partial charge in [0, 0.05) is 0 Å². The van der Waals surface area contributed by atoms with Crippen LogP contribution in [0.3, 0.4) is 0 Å². The number of aryl methyl sites for hydroxylation is 2. The van der Waals surface area contributed by atoms with Crippen molar-refractivity contribution in [3.63, 3.8) is 0 Å². The Labute approximate surface area is 98.8 Å². The molecule has 1 unspecified atom stereocenters. The van der Waals surface area contributed by atoms with Crippen molar-refractivity contribution < 1.29 is 9.53 Å². The third-order valence-electron chi connectivity index (χ3n) is 2.23. The number of esters is 1. The number of ether oxygens (including phenoxy) is 1. The van der Waals surface area contributed by atoms with Crippen molar-refractivity contribution in [3.05, 3.63) is 29.3 Å². The summed E-state index contributed by atoms with van der Waals surface area (Å²) in [7, 11) is 0. The zero-order valence-electron chi connectivity index (χ0n) is 9.21. The molecule has 0 aliphatic carbocycles. The Balaban J connectivity index is 2.85. The Morgan fingerprint density at radius 3 is 2.40 bits per heavy atom. The van der Waals surface area contributed by atoms with Gasteiger partial charge in [-0.05, 0) is 31.4 Å². The highest BCUT2D eigenvalue weighted by molar-refractivity contribution is 9.10. The van der Waals surface area contributed by atoms with Crippen LogP contribution in [0.25, 0.3) is 0 Å². The molecule has 0 aromatic heterocycles. The van der Waals surface area contributed by atoms with Crippen molar-refractivity contribution in [3.8, 4) is 5.75 Å². The average Bonchev–Trinajstić information content (AvgIpc) is 2.22. The summed E-state index contributed by atoms with van der Waals surface area (Å²) in [5.74, 6) is 0.454. The van der Waals surface area contributed by atoms with E-state index in [-0.39, 0.29) is 10.8 Å². The number of halogens is 1. The molecule has 0 heterocycles. The van der Waals surface area contributed by atoms with E-state index in [1.165, 1.54) is 0 Å². The van der Waals surface area contributed by atoms with E-state index in [2.05, 4.69) is 15.9 Å². The van der Waals surface area contributed by atoms with Crippen LogP contribution in [0.4, 0.5) is 0 Å². The zero-order valence-corrected chi connectivity index (χ0v) is 10.8. The monoisotopic (exact) mass is 270 g/mol. The topological polar surface area (TPSA) is 26.3 Å². The number of para-hydroxylation sites is 1. The van der Waals surface area contributed by atoms with E-state index in [1.807, 2.05) is 39.0 Å². The van der Waals surface area contributed by atoms with Gasteiger partial charge in [-0.3, -0.25) is 4.79 Å². The van der Waals surface area contributed by atoms with Crippen LogP contribution < -0.4 is 4.74 Å². The Kier molecular flexibility index (Phi) is 4.33. The van der Waals surface area contributed by atoms with E-state index in [4.69, 9.17) is 4.74 Å². The molecule has 1 atom stereocenters. The minimum atomic E-state index is -0.227. The van der Waals surface area contributed by atoms with E-state index in [1.54, 1.807) is 0 Å². The van der Waals surface area contributed by atoms with Crippen molar-refractivity contribution in [1.82, 2.24) is 0 Å². The molecule has 0 fully saturated rings. The number of alkyl halides is 1. The summed E-state index contributed by atoms with van der Waals surface area (Å²) < 4.78 is 5.34. The number of hydrogen-bond acceptors (Lipinski definition) is 2. The molecule has 0 aliphatic rings. The molecule has 0 N–H and O–H groups in total. The molecule has 0 aliphatic heterocycles. The SMILES string of the molecule is CCC(Br)C(=O)Oc1c(C)cccc1C. The van der Waals surface area contributed by atoms with Gasteiger partial charge in [0.05, 0.1) is 0 Å². The van der Waals surface area contributed by atoms with Crippen LogP contribution in [-0.4, -0.2) is 10.8 Å². The number of carbonyl (C=O) groups excluding carboxylic acids is 1. The molecular formula is C12H15BrO2. The fourth-order valence-electron chi connectivity index (χ4n) is 1.29. The Morgan fingerprint density at radius 2 is 1.93 bits per heavy atom. The first kappa shape index (κ1) is 12.2. The second kappa shape index (κ2) is 5.31. The maximum Gasteiger partial charge on any atom is 0.325 e. The second-order valence-corrected chi connectivity index (χ2v) is 4.62. The number of benzene rings is 1. The highest BCUT2D eigenvalue weighted by atomic mass is 79.9. The lowest BCUT2D eigenvalue weighted by molar-refractivity contribution is -0.133. The fraction of sp³-hybridized carbons (Fsp3) is 0.417. The lowest BCUT2D eigenvalue weighted by Crippen LogP contribution is -2.20. The molecule has 0 bridgehead atoms. The minimum Gasteiger partial charge on any atom is -0.425 e. The van der Waals surface area contributed by atoms with E-state index in [9.17, 15) is 4.79 Å². The molecule has 82 valence electrons. The summed E-state index contributed by atoms with van der Waals surface area (Å²) in [6, 6.07) is 5.82. The zero-order chi connectivity index (χ0) is 11.4. The quantitative estimate of drug-likeness (QED) is 0.478. The van der Waals surface area contributed by atoms with Crippen molar-refractivity contribution in [1.29, 1.82) is 0 Å². The van der Waals surface area contributed by atoms with Crippen molar-refractivity contribution in [2.24, 2.45) is 0 Å². The first-order valence-corrected chi connectivity index (χ1v) is 5.89. The molecule has 0 saturated carbocycles. The van der Waals surface area contributed by atoms with Gasteiger partial charge in [0.25, 0.3) is 0 Å². The Bertz CT molecular complexity index is 340. The van der Waals surface area contributed by atoms with Crippen LogP contribution in [0.15, 0.2) is 18.2 Å². The molecule has 1 aromatic rings. The van der Waals surface area contributed by atoms with Crippen LogP contribution in [0, 0.1) is 13.8 Å². The van der Waals surface area contributed by atoms with Gasteiger partial charge in [-0.25, -0.2) is 0 Å². The van der Waals surface area contributed by atoms with Crippen LogP contribution in [-0.2, 0) is 4.79 Å².